The van der Waals surface area contributed by atoms with Gasteiger partial charge in [0.15, 0.2) is 0 Å². The van der Waals surface area contributed by atoms with Gasteiger partial charge in [-0.2, -0.15) is 0 Å². The Balaban J connectivity index is 2.13. The van der Waals surface area contributed by atoms with Gasteiger partial charge in [-0.05, 0) is 19.1 Å². The lowest BCUT2D eigenvalue weighted by molar-refractivity contribution is 0.122. The minimum atomic E-state index is 0.229. The Morgan fingerprint density at radius 1 is 1.22 bits per heavy atom. The molecular weight excluding hydrogens is 244 g/mol. The molecule has 1 aromatic heterocycles. The summed E-state index contributed by atoms with van der Waals surface area (Å²) in [4.78, 5) is 8.30. The van der Waals surface area contributed by atoms with Crippen LogP contribution in [0.4, 0.5) is 5.82 Å². The van der Waals surface area contributed by atoms with Crippen LogP contribution in [-0.2, 0) is 4.74 Å². The van der Waals surface area contributed by atoms with E-state index in [1.54, 1.807) is 0 Å². The fourth-order valence-electron chi connectivity index (χ4n) is 1.94. The number of pyridine rings is 1. The lowest BCUT2D eigenvalue weighted by Gasteiger charge is -2.28. The van der Waals surface area contributed by atoms with E-state index in [4.69, 9.17) is 9.72 Å². The Morgan fingerprint density at radius 2 is 1.89 bits per heavy atom. The summed E-state index contributed by atoms with van der Waals surface area (Å²) < 4.78 is 5.60. The highest BCUT2D eigenvalue weighted by Gasteiger charge is 2.17. The number of aromatic nitrogens is 1. The third-order valence-corrected chi connectivity index (χ3v) is 4.04. The summed E-state index contributed by atoms with van der Waals surface area (Å²) in [5.74, 6) is 1.08. The summed E-state index contributed by atoms with van der Waals surface area (Å²) in [7, 11) is 0. The molecule has 1 aliphatic rings. The van der Waals surface area contributed by atoms with E-state index >= 15 is 0 Å². The van der Waals surface area contributed by atoms with Gasteiger partial charge in [-0.3, -0.25) is 0 Å². The maximum atomic E-state index is 5.37. The van der Waals surface area contributed by atoms with Crippen molar-refractivity contribution in [2.45, 2.75) is 37.3 Å². The van der Waals surface area contributed by atoms with Crippen molar-refractivity contribution in [3.63, 3.8) is 0 Å². The first-order chi connectivity index (χ1) is 8.46. The largest absolute Gasteiger partial charge is 0.378 e. The third kappa shape index (κ3) is 3.62. The Hall–Kier alpha value is -0.740. The molecule has 4 heteroatoms. The Morgan fingerprint density at radius 3 is 2.44 bits per heavy atom. The van der Waals surface area contributed by atoms with E-state index in [2.05, 4.69) is 44.7 Å². The minimum Gasteiger partial charge on any atom is -0.378 e. The van der Waals surface area contributed by atoms with E-state index in [9.17, 15) is 0 Å². The number of ether oxygens (including phenoxy) is 1. The molecular formula is C14H22N2OS. The van der Waals surface area contributed by atoms with Crippen LogP contribution in [0.15, 0.2) is 17.0 Å². The number of hydrogen-bond donors (Lipinski definition) is 0. The van der Waals surface area contributed by atoms with Crippen LogP contribution >= 0.6 is 11.8 Å². The fourth-order valence-corrected chi connectivity index (χ4v) is 2.93. The van der Waals surface area contributed by atoms with Crippen LogP contribution in [-0.4, -0.2) is 36.0 Å². The number of thioether (sulfide) groups is 1. The molecule has 18 heavy (non-hydrogen) atoms. The third-order valence-electron chi connectivity index (χ3n) is 2.77. The van der Waals surface area contributed by atoms with Crippen LogP contribution < -0.4 is 4.90 Å². The molecule has 2 rings (SSSR count). The number of hydrogen-bond acceptors (Lipinski definition) is 4. The highest BCUT2D eigenvalue weighted by atomic mass is 32.2. The first-order valence-corrected chi connectivity index (χ1v) is 7.27. The SMILES string of the molecule is Cc1nc(N2CCOCC2)ccc1SC(C)(C)C. The van der Waals surface area contributed by atoms with Crippen LogP contribution in [0.5, 0.6) is 0 Å². The van der Waals surface area contributed by atoms with Crippen molar-refractivity contribution < 1.29 is 4.74 Å². The molecule has 0 unspecified atom stereocenters. The molecule has 1 saturated heterocycles. The molecule has 0 atom stereocenters. The van der Waals surface area contributed by atoms with E-state index in [1.165, 1.54) is 4.90 Å². The summed E-state index contributed by atoms with van der Waals surface area (Å²) in [6.45, 7) is 12.3. The maximum Gasteiger partial charge on any atom is 0.129 e. The van der Waals surface area contributed by atoms with Crippen LogP contribution in [0.25, 0.3) is 0 Å². The predicted octanol–water partition coefficient (Wildman–Crippen LogP) is 3.12. The molecule has 2 heterocycles. The molecule has 0 aliphatic carbocycles. The van der Waals surface area contributed by atoms with Crippen LogP contribution in [0.2, 0.25) is 0 Å². The van der Waals surface area contributed by atoms with Gasteiger partial charge in [0.2, 0.25) is 0 Å². The molecule has 100 valence electrons. The van der Waals surface area contributed by atoms with Gasteiger partial charge >= 0.3 is 0 Å². The lowest BCUT2D eigenvalue weighted by Crippen LogP contribution is -2.36. The molecule has 0 radical (unpaired) electrons. The zero-order valence-electron chi connectivity index (χ0n) is 11.7. The smallest absolute Gasteiger partial charge is 0.129 e. The normalized spacial score (nSPS) is 17.0. The molecule has 3 nitrogen and oxygen atoms in total. The predicted molar refractivity (Wildman–Crippen MR) is 77.6 cm³/mol. The average molecular weight is 266 g/mol. The van der Waals surface area contributed by atoms with Gasteiger partial charge in [0, 0.05) is 22.7 Å². The summed E-state index contributed by atoms with van der Waals surface area (Å²) in [6, 6.07) is 4.33. The van der Waals surface area contributed by atoms with Gasteiger partial charge in [-0.15, -0.1) is 11.8 Å². The van der Waals surface area contributed by atoms with Crippen LogP contribution in [0.1, 0.15) is 26.5 Å². The second-order valence-electron chi connectivity index (χ2n) is 5.57. The summed E-state index contributed by atoms with van der Waals surface area (Å²) in [5.41, 5.74) is 1.12. The number of rotatable bonds is 2. The number of morpholine rings is 1. The molecule has 0 spiro atoms. The lowest BCUT2D eigenvalue weighted by atomic mass is 10.3. The first-order valence-electron chi connectivity index (χ1n) is 6.45. The van der Waals surface area contributed by atoms with Crippen molar-refractivity contribution in [1.82, 2.24) is 4.98 Å². The van der Waals surface area contributed by atoms with Crippen molar-refractivity contribution >= 4 is 17.6 Å². The van der Waals surface area contributed by atoms with Gasteiger partial charge < -0.3 is 9.64 Å². The van der Waals surface area contributed by atoms with E-state index in [0.29, 0.717) is 0 Å². The summed E-state index contributed by atoms with van der Waals surface area (Å²) >= 11 is 1.88. The van der Waals surface area contributed by atoms with E-state index in [-0.39, 0.29) is 4.75 Å². The van der Waals surface area contributed by atoms with E-state index < -0.39 is 0 Å². The first kappa shape index (κ1) is 13.7. The summed E-state index contributed by atoms with van der Waals surface area (Å²) in [6.07, 6.45) is 0. The second-order valence-corrected chi connectivity index (χ2v) is 7.44. The van der Waals surface area contributed by atoms with Crippen molar-refractivity contribution in [2.24, 2.45) is 0 Å². The minimum absolute atomic E-state index is 0.229. The van der Waals surface area contributed by atoms with Gasteiger partial charge in [0.05, 0.1) is 18.9 Å². The molecule has 0 saturated carbocycles. The molecule has 1 aliphatic heterocycles. The fraction of sp³-hybridized carbons (Fsp3) is 0.643. The zero-order chi connectivity index (χ0) is 13.2. The molecule has 1 aromatic rings. The maximum absolute atomic E-state index is 5.37. The van der Waals surface area contributed by atoms with Crippen molar-refractivity contribution in [3.05, 3.63) is 17.8 Å². The topological polar surface area (TPSA) is 25.4 Å². The van der Waals surface area contributed by atoms with Crippen LogP contribution in [0, 0.1) is 6.92 Å². The number of anilines is 1. The van der Waals surface area contributed by atoms with Gasteiger partial charge in [-0.1, -0.05) is 20.8 Å². The van der Waals surface area contributed by atoms with Gasteiger partial charge in [0.1, 0.15) is 5.82 Å². The second kappa shape index (κ2) is 5.49. The average Bonchev–Trinajstić information content (AvgIpc) is 2.31. The van der Waals surface area contributed by atoms with Crippen LogP contribution in [0.3, 0.4) is 0 Å². The van der Waals surface area contributed by atoms with E-state index in [1.807, 2.05) is 11.8 Å². The Kier molecular flexibility index (Phi) is 4.17. The van der Waals surface area contributed by atoms with Crippen molar-refractivity contribution in [3.8, 4) is 0 Å². The molecule has 1 fully saturated rings. The number of nitrogens with zero attached hydrogens (tertiary/aromatic N) is 2. The highest BCUT2D eigenvalue weighted by Crippen LogP contribution is 2.34. The van der Waals surface area contributed by atoms with E-state index in [0.717, 1.165) is 37.8 Å². The molecule has 0 bridgehead atoms. The van der Waals surface area contributed by atoms with Crippen molar-refractivity contribution in [1.29, 1.82) is 0 Å². The quantitative estimate of drug-likeness (QED) is 0.768. The Labute approximate surface area is 114 Å². The summed E-state index contributed by atoms with van der Waals surface area (Å²) in [5, 5.41) is 0. The van der Waals surface area contributed by atoms with Gasteiger partial charge in [-0.25, -0.2) is 4.98 Å². The molecule has 0 aromatic carbocycles. The van der Waals surface area contributed by atoms with Crippen molar-refractivity contribution in [2.75, 3.05) is 31.2 Å². The highest BCUT2D eigenvalue weighted by molar-refractivity contribution is 8.00. The number of aryl methyl sites for hydroxylation is 1. The molecule has 0 N–H and O–H groups in total. The monoisotopic (exact) mass is 266 g/mol. The standard InChI is InChI=1S/C14H22N2OS/c1-11-12(18-14(2,3)4)5-6-13(15-11)16-7-9-17-10-8-16/h5-6H,7-10H2,1-4H3. The molecule has 0 amide bonds. The zero-order valence-corrected chi connectivity index (χ0v) is 12.5. The van der Waals surface area contributed by atoms with Gasteiger partial charge in [0.25, 0.3) is 0 Å². The Bertz CT molecular complexity index is 409.